The first-order valence-corrected chi connectivity index (χ1v) is 7.39. The normalized spacial score (nSPS) is 13.1. The second-order valence-electron chi connectivity index (χ2n) is 4.33. The van der Waals surface area contributed by atoms with Crippen LogP contribution < -0.4 is 5.32 Å². The lowest BCUT2D eigenvalue weighted by atomic mass is 10.2. The molecular formula is C11H16N2O4S. The molecule has 1 aromatic heterocycles. The molecule has 0 aliphatic heterocycles. The maximum absolute atomic E-state index is 11.1. The van der Waals surface area contributed by atoms with E-state index in [9.17, 15) is 13.2 Å². The molecule has 1 aromatic rings. The van der Waals surface area contributed by atoms with Crippen LogP contribution in [-0.2, 0) is 9.84 Å². The summed E-state index contributed by atoms with van der Waals surface area (Å²) in [6.45, 7) is 3.38. The molecule has 0 amide bonds. The van der Waals surface area contributed by atoms with Gasteiger partial charge < -0.3 is 10.4 Å². The molecule has 18 heavy (non-hydrogen) atoms. The number of carbonyl (C=O) groups is 1. The lowest BCUT2D eigenvalue weighted by molar-refractivity contribution is 0.0696. The molecule has 1 atom stereocenters. The molecule has 1 unspecified atom stereocenters. The summed E-state index contributed by atoms with van der Waals surface area (Å²) in [7, 11) is -3.09. The van der Waals surface area contributed by atoms with Crippen LogP contribution in [0.15, 0.2) is 12.1 Å². The van der Waals surface area contributed by atoms with Gasteiger partial charge in [-0.1, -0.05) is 0 Å². The number of rotatable bonds is 5. The number of aromatic nitrogens is 1. The standard InChI is InChI=1S/C11H16N2O4S/c1-7-4-9(11(14)15)5-10(12-7)13-8(2)6-18(3,16)17/h4-5,8H,6H2,1-3H3,(H,12,13)(H,14,15). The minimum absolute atomic E-state index is 0.0367. The van der Waals surface area contributed by atoms with Crippen LogP contribution in [0, 0.1) is 6.92 Å². The third kappa shape index (κ3) is 4.70. The van der Waals surface area contributed by atoms with Gasteiger partial charge in [-0.15, -0.1) is 0 Å². The average molecular weight is 272 g/mol. The second kappa shape index (κ2) is 5.34. The van der Waals surface area contributed by atoms with Gasteiger partial charge in [-0.25, -0.2) is 18.2 Å². The van der Waals surface area contributed by atoms with Gasteiger partial charge in [-0.2, -0.15) is 0 Å². The topological polar surface area (TPSA) is 96.4 Å². The van der Waals surface area contributed by atoms with Gasteiger partial charge in [0.2, 0.25) is 0 Å². The summed E-state index contributed by atoms with van der Waals surface area (Å²) in [6.07, 6.45) is 1.15. The molecule has 2 N–H and O–H groups in total. The summed E-state index contributed by atoms with van der Waals surface area (Å²) in [4.78, 5) is 15.0. The number of sulfone groups is 1. The number of aryl methyl sites for hydroxylation is 1. The Bertz CT molecular complexity index is 554. The second-order valence-corrected chi connectivity index (χ2v) is 6.51. The van der Waals surface area contributed by atoms with Crippen LogP contribution in [0.2, 0.25) is 0 Å². The molecule has 0 radical (unpaired) electrons. The van der Waals surface area contributed by atoms with Crippen molar-refractivity contribution in [1.29, 1.82) is 0 Å². The Morgan fingerprint density at radius 3 is 2.61 bits per heavy atom. The van der Waals surface area contributed by atoms with Gasteiger partial charge >= 0.3 is 5.97 Å². The van der Waals surface area contributed by atoms with E-state index in [0.717, 1.165) is 6.26 Å². The third-order valence-corrected chi connectivity index (χ3v) is 3.25. The van der Waals surface area contributed by atoms with E-state index >= 15 is 0 Å². The number of carboxylic acid groups (broad SMARTS) is 1. The molecule has 0 aliphatic carbocycles. The van der Waals surface area contributed by atoms with E-state index in [2.05, 4.69) is 10.3 Å². The van der Waals surface area contributed by atoms with E-state index in [1.54, 1.807) is 13.8 Å². The minimum atomic E-state index is -3.09. The maximum atomic E-state index is 11.1. The van der Waals surface area contributed by atoms with Gasteiger partial charge in [0, 0.05) is 18.0 Å². The molecule has 6 nitrogen and oxygen atoms in total. The number of nitrogens with zero attached hydrogens (tertiary/aromatic N) is 1. The summed E-state index contributed by atoms with van der Waals surface area (Å²) < 4.78 is 22.2. The summed E-state index contributed by atoms with van der Waals surface area (Å²) in [5, 5.41) is 11.8. The van der Waals surface area contributed by atoms with Crippen molar-refractivity contribution >= 4 is 21.6 Å². The van der Waals surface area contributed by atoms with Gasteiger partial charge in [0.05, 0.1) is 11.3 Å². The lowest BCUT2D eigenvalue weighted by Crippen LogP contribution is -2.25. The molecule has 7 heteroatoms. The molecule has 0 aromatic carbocycles. The number of pyridine rings is 1. The van der Waals surface area contributed by atoms with E-state index < -0.39 is 15.8 Å². The number of carboxylic acids is 1. The molecule has 0 aliphatic rings. The molecule has 0 bridgehead atoms. The van der Waals surface area contributed by atoms with Crippen molar-refractivity contribution in [3.8, 4) is 0 Å². The Morgan fingerprint density at radius 1 is 1.50 bits per heavy atom. The highest BCUT2D eigenvalue weighted by molar-refractivity contribution is 7.90. The van der Waals surface area contributed by atoms with Crippen LogP contribution >= 0.6 is 0 Å². The molecular weight excluding hydrogens is 256 g/mol. The van der Waals surface area contributed by atoms with Crippen molar-refractivity contribution in [3.05, 3.63) is 23.4 Å². The van der Waals surface area contributed by atoms with Crippen molar-refractivity contribution in [2.45, 2.75) is 19.9 Å². The minimum Gasteiger partial charge on any atom is -0.478 e. The predicted octanol–water partition coefficient (Wildman–Crippen LogP) is 0.933. The molecule has 1 heterocycles. The van der Waals surface area contributed by atoms with Crippen molar-refractivity contribution in [3.63, 3.8) is 0 Å². The summed E-state index contributed by atoms with van der Waals surface area (Å²) in [6, 6.07) is 2.50. The van der Waals surface area contributed by atoms with Gasteiger partial charge in [0.15, 0.2) is 0 Å². The molecule has 0 spiro atoms. The van der Waals surface area contributed by atoms with Crippen LogP contribution in [0.4, 0.5) is 5.82 Å². The number of hydrogen-bond acceptors (Lipinski definition) is 5. The maximum Gasteiger partial charge on any atom is 0.335 e. The van der Waals surface area contributed by atoms with Crippen molar-refractivity contribution in [2.24, 2.45) is 0 Å². The number of aromatic carboxylic acids is 1. The Balaban J connectivity index is 2.88. The van der Waals surface area contributed by atoms with Crippen LogP contribution in [0.5, 0.6) is 0 Å². The Kier molecular flexibility index (Phi) is 4.28. The third-order valence-electron chi connectivity index (χ3n) is 2.15. The van der Waals surface area contributed by atoms with Gasteiger partial charge in [0.25, 0.3) is 0 Å². The van der Waals surface area contributed by atoms with E-state index in [1.165, 1.54) is 12.1 Å². The SMILES string of the molecule is Cc1cc(C(=O)O)cc(NC(C)CS(C)(=O)=O)n1. The zero-order chi connectivity index (χ0) is 13.9. The Labute approximate surface area is 106 Å². The van der Waals surface area contributed by atoms with Crippen LogP contribution in [0.1, 0.15) is 23.0 Å². The van der Waals surface area contributed by atoms with Gasteiger partial charge in [-0.05, 0) is 26.0 Å². The van der Waals surface area contributed by atoms with Gasteiger partial charge in [-0.3, -0.25) is 0 Å². The monoisotopic (exact) mass is 272 g/mol. The molecule has 0 saturated heterocycles. The zero-order valence-corrected chi connectivity index (χ0v) is 11.3. The molecule has 0 saturated carbocycles. The summed E-state index contributed by atoms with van der Waals surface area (Å²) in [5.41, 5.74) is 0.681. The first-order valence-electron chi connectivity index (χ1n) is 5.33. The number of hydrogen-bond donors (Lipinski definition) is 2. The van der Waals surface area contributed by atoms with Crippen molar-refractivity contribution in [2.75, 3.05) is 17.3 Å². The van der Waals surface area contributed by atoms with Crippen LogP contribution in [-0.4, -0.2) is 42.5 Å². The van der Waals surface area contributed by atoms with Crippen molar-refractivity contribution < 1.29 is 18.3 Å². The fourth-order valence-electron chi connectivity index (χ4n) is 1.61. The van der Waals surface area contributed by atoms with E-state index in [1.807, 2.05) is 0 Å². The highest BCUT2D eigenvalue weighted by Crippen LogP contribution is 2.11. The Hall–Kier alpha value is -1.63. The molecule has 1 rings (SSSR count). The van der Waals surface area contributed by atoms with Gasteiger partial charge in [0.1, 0.15) is 15.7 Å². The fraction of sp³-hybridized carbons (Fsp3) is 0.455. The first kappa shape index (κ1) is 14.4. The van der Waals surface area contributed by atoms with E-state index in [-0.39, 0.29) is 17.4 Å². The highest BCUT2D eigenvalue weighted by atomic mass is 32.2. The number of anilines is 1. The predicted molar refractivity (Wildman–Crippen MR) is 68.7 cm³/mol. The Morgan fingerprint density at radius 2 is 2.11 bits per heavy atom. The smallest absolute Gasteiger partial charge is 0.335 e. The van der Waals surface area contributed by atoms with E-state index in [4.69, 9.17) is 5.11 Å². The van der Waals surface area contributed by atoms with E-state index in [0.29, 0.717) is 11.5 Å². The quantitative estimate of drug-likeness (QED) is 0.828. The summed E-state index contributed by atoms with van der Waals surface area (Å²) in [5.74, 6) is -0.715. The highest BCUT2D eigenvalue weighted by Gasteiger charge is 2.12. The van der Waals surface area contributed by atoms with Crippen LogP contribution in [0.25, 0.3) is 0 Å². The van der Waals surface area contributed by atoms with Crippen molar-refractivity contribution in [1.82, 2.24) is 4.98 Å². The molecule has 0 fully saturated rings. The first-order chi connectivity index (χ1) is 8.17. The lowest BCUT2D eigenvalue weighted by Gasteiger charge is -2.14. The average Bonchev–Trinajstić information content (AvgIpc) is 2.12. The fourth-order valence-corrected chi connectivity index (χ4v) is 2.61. The zero-order valence-electron chi connectivity index (χ0n) is 10.5. The molecule has 100 valence electrons. The largest absolute Gasteiger partial charge is 0.478 e. The van der Waals surface area contributed by atoms with Crippen LogP contribution in [0.3, 0.4) is 0 Å². The number of nitrogens with one attached hydrogen (secondary N) is 1. The summed E-state index contributed by atoms with van der Waals surface area (Å²) >= 11 is 0.